The number of amides is 2. The summed E-state index contributed by atoms with van der Waals surface area (Å²) in [7, 11) is 1.46. The summed E-state index contributed by atoms with van der Waals surface area (Å²) in [5, 5.41) is 8.61. The maximum Gasteiger partial charge on any atom is 0.253 e. The van der Waals surface area contributed by atoms with E-state index in [2.05, 4.69) is 39.8 Å². The van der Waals surface area contributed by atoms with Crippen molar-refractivity contribution in [1.82, 2.24) is 15.3 Å². The minimum Gasteiger partial charge on any atom is -0.355 e. The number of hydrogen-bond donors (Lipinski definition) is 3. The zero-order valence-electron chi connectivity index (χ0n) is 20.6. The van der Waals surface area contributed by atoms with E-state index in [1.165, 1.54) is 31.4 Å². The summed E-state index contributed by atoms with van der Waals surface area (Å²) < 4.78 is 14.6. The van der Waals surface area contributed by atoms with Crippen molar-refractivity contribution in [2.45, 2.75) is 39.0 Å². The van der Waals surface area contributed by atoms with Gasteiger partial charge in [-0.3, -0.25) is 9.59 Å². The highest BCUT2D eigenvalue weighted by Gasteiger charge is 2.30. The van der Waals surface area contributed by atoms with E-state index in [1.54, 1.807) is 11.8 Å². The molecule has 8 nitrogen and oxygen atoms in total. The predicted octanol–water partition coefficient (Wildman–Crippen LogP) is 5.54. The molecule has 0 atom stereocenters. The van der Waals surface area contributed by atoms with Crippen LogP contribution in [0.1, 0.15) is 49.5 Å². The van der Waals surface area contributed by atoms with E-state index < -0.39 is 11.7 Å². The second-order valence-corrected chi connectivity index (χ2v) is 9.68. The van der Waals surface area contributed by atoms with Crippen molar-refractivity contribution >= 4 is 52.2 Å². The van der Waals surface area contributed by atoms with Gasteiger partial charge in [0.15, 0.2) is 5.82 Å². The quantitative estimate of drug-likeness (QED) is 0.417. The SMILES string of the molecule is CNC(=O)c1cccc(F)c1Nc1nc(Nc2ccc3c(c2)N(C(C)=O)CCCC3(C)C)ncc1Cl. The van der Waals surface area contributed by atoms with Crippen LogP contribution < -0.4 is 20.9 Å². The average Bonchev–Trinajstić information content (AvgIpc) is 2.97. The molecule has 0 aliphatic carbocycles. The first-order valence-electron chi connectivity index (χ1n) is 11.6. The number of halogens is 2. The van der Waals surface area contributed by atoms with E-state index in [0.29, 0.717) is 12.2 Å². The smallest absolute Gasteiger partial charge is 0.253 e. The van der Waals surface area contributed by atoms with Gasteiger partial charge in [-0.2, -0.15) is 4.98 Å². The van der Waals surface area contributed by atoms with Gasteiger partial charge in [0.2, 0.25) is 11.9 Å². The first kappa shape index (κ1) is 25.4. The number of nitrogens with one attached hydrogen (secondary N) is 3. The number of nitrogens with zero attached hydrogens (tertiary/aromatic N) is 3. The first-order valence-corrected chi connectivity index (χ1v) is 12.0. The fraction of sp³-hybridized carbons (Fsp3) is 0.308. The van der Waals surface area contributed by atoms with Gasteiger partial charge in [-0.1, -0.05) is 37.6 Å². The Balaban J connectivity index is 1.67. The van der Waals surface area contributed by atoms with Crippen LogP contribution in [0.5, 0.6) is 0 Å². The second-order valence-electron chi connectivity index (χ2n) is 9.27. The molecule has 0 spiro atoms. The van der Waals surface area contributed by atoms with E-state index >= 15 is 0 Å². The number of hydrogen-bond acceptors (Lipinski definition) is 6. The normalized spacial score (nSPS) is 14.4. The highest BCUT2D eigenvalue weighted by molar-refractivity contribution is 6.33. The third-order valence-electron chi connectivity index (χ3n) is 6.31. The highest BCUT2D eigenvalue weighted by atomic mass is 35.5. The summed E-state index contributed by atoms with van der Waals surface area (Å²) in [6, 6.07) is 10.0. The van der Waals surface area contributed by atoms with Crippen LogP contribution in [-0.4, -0.2) is 35.4 Å². The van der Waals surface area contributed by atoms with Gasteiger partial charge in [-0.05, 0) is 48.1 Å². The molecule has 1 aliphatic heterocycles. The number of benzene rings is 2. The molecule has 3 aromatic rings. The van der Waals surface area contributed by atoms with Crippen molar-refractivity contribution in [3.05, 3.63) is 64.6 Å². The molecule has 0 fully saturated rings. The minimum absolute atomic E-state index is 0.0165. The fourth-order valence-corrected chi connectivity index (χ4v) is 4.54. The van der Waals surface area contributed by atoms with Gasteiger partial charge >= 0.3 is 0 Å². The Morgan fingerprint density at radius 2 is 1.94 bits per heavy atom. The maximum atomic E-state index is 14.6. The topological polar surface area (TPSA) is 99.2 Å². The standard InChI is InChI=1S/C26H28ClFN6O2/c1-15(35)34-12-6-11-26(2,3)18-10-9-16(13-21(18)34)31-25-30-14-19(27)23(33-25)32-22-17(24(36)29-4)7-5-8-20(22)28/h5,7-10,13-14H,6,11-12H2,1-4H3,(H,29,36)(H2,30,31,32,33). The molecule has 0 saturated heterocycles. The lowest BCUT2D eigenvalue weighted by atomic mass is 9.80. The van der Waals surface area contributed by atoms with Crippen molar-refractivity contribution in [3.8, 4) is 0 Å². The molecule has 2 heterocycles. The molecule has 1 aromatic heterocycles. The Kier molecular flexibility index (Phi) is 7.12. The molecule has 188 valence electrons. The number of para-hydroxylation sites is 1. The molecule has 0 unspecified atom stereocenters. The van der Waals surface area contributed by atoms with E-state index in [4.69, 9.17) is 11.6 Å². The Morgan fingerprint density at radius 3 is 2.67 bits per heavy atom. The van der Waals surface area contributed by atoms with E-state index in [-0.39, 0.29) is 39.4 Å². The Morgan fingerprint density at radius 1 is 1.17 bits per heavy atom. The molecule has 10 heteroatoms. The summed E-state index contributed by atoms with van der Waals surface area (Å²) in [6.45, 7) is 6.58. The van der Waals surface area contributed by atoms with Crippen LogP contribution >= 0.6 is 11.6 Å². The van der Waals surface area contributed by atoms with Crippen LogP contribution in [0.25, 0.3) is 0 Å². The number of carbonyl (C=O) groups is 2. The summed E-state index contributed by atoms with van der Waals surface area (Å²) in [5.41, 5.74) is 2.62. The zero-order chi connectivity index (χ0) is 26.0. The average molecular weight is 511 g/mol. The first-order chi connectivity index (χ1) is 17.1. The van der Waals surface area contributed by atoms with Gasteiger partial charge in [-0.15, -0.1) is 0 Å². The summed E-state index contributed by atoms with van der Waals surface area (Å²) >= 11 is 6.28. The van der Waals surface area contributed by atoms with Gasteiger partial charge in [0.05, 0.1) is 17.4 Å². The van der Waals surface area contributed by atoms with Gasteiger partial charge in [-0.25, -0.2) is 9.37 Å². The lowest BCUT2D eigenvalue weighted by Gasteiger charge is -2.27. The highest BCUT2D eigenvalue weighted by Crippen LogP contribution is 2.40. The van der Waals surface area contributed by atoms with Crippen molar-refractivity contribution in [2.75, 3.05) is 29.1 Å². The largest absolute Gasteiger partial charge is 0.355 e. The lowest BCUT2D eigenvalue weighted by molar-refractivity contribution is -0.116. The number of fused-ring (bicyclic) bond motifs is 1. The van der Waals surface area contributed by atoms with E-state index in [1.807, 2.05) is 18.2 Å². The minimum atomic E-state index is -0.627. The van der Waals surface area contributed by atoms with Crippen molar-refractivity contribution in [3.63, 3.8) is 0 Å². The van der Waals surface area contributed by atoms with Crippen LogP contribution in [-0.2, 0) is 10.2 Å². The van der Waals surface area contributed by atoms with Crippen LogP contribution in [0, 0.1) is 5.82 Å². The third-order valence-corrected chi connectivity index (χ3v) is 6.59. The van der Waals surface area contributed by atoms with Crippen LogP contribution in [0.4, 0.5) is 33.2 Å². The molecular formula is C26H28ClFN6O2. The number of aromatic nitrogens is 2. The Hall–Kier alpha value is -3.72. The van der Waals surface area contributed by atoms with Gasteiger partial charge in [0.25, 0.3) is 5.91 Å². The van der Waals surface area contributed by atoms with Crippen molar-refractivity contribution in [2.24, 2.45) is 0 Å². The maximum absolute atomic E-state index is 14.6. The summed E-state index contributed by atoms with van der Waals surface area (Å²) in [6.07, 6.45) is 3.27. The van der Waals surface area contributed by atoms with Crippen molar-refractivity contribution in [1.29, 1.82) is 0 Å². The van der Waals surface area contributed by atoms with Gasteiger partial charge in [0, 0.05) is 31.9 Å². The molecule has 1 aliphatic rings. The molecule has 0 saturated carbocycles. The second kappa shape index (κ2) is 10.1. The monoisotopic (exact) mass is 510 g/mol. The van der Waals surface area contributed by atoms with Crippen LogP contribution in [0.2, 0.25) is 5.02 Å². The Labute approximate surface area is 214 Å². The molecule has 0 radical (unpaired) electrons. The molecule has 36 heavy (non-hydrogen) atoms. The molecule has 2 amide bonds. The number of anilines is 5. The third kappa shape index (κ3) is 5.11. The van der Waals surface area contributed by atoms with Gasteiger partial charge in [0.1, 0.15) is 10.8 Å². The predicted molar refractivity (Wildman–Crippen MR) is 140 cm³/mol. The molecule has 2 aromatic carbocycles. The lowest BCUT2D eigenvalue weighted by Crippen LogP contribution is -2.29. The van der Waals surface area contributed by atoms with E-state index in [0.717, 1.165) is 24.1 Å². The van der Waals surface area contributed by atoms with Gasteiger partial charge < -0.3 is 20.9 Å². The number of carbonyl (C=O) groups excluding carboxylic acids is 2. The van der Waals surface area contributed by atoms with Crippen molar-refractivity contribution < 1.29 is 14.0 Å². The number of rotatable bonds is 5. The molecule has 4 rings (SSSR count). The van der Waals surface area contributed by atoms with Crippen LogP contribution in [0.3, 0.4) is 0 Å². The fourth-order valence-electron chi connectivity index (χ4n) is 4.40. The van der Waals surface area contributed by atoms with E-state index in [9.17, 15) is 14.0 Å². The molecular weight excluding hydrogens is 483 g/mol. The summed E-state index contributed by atoms with van der Waals surface area (Å²) in [5.74, 6) is -0.758. The zero-order valence-corrected chi connectivity index (χ0v) is 21.3. The van der Waals surface area contributed by atoms with Crippen LogP contribution in [0.15, 0.2) is 42.6 Å². The molecule has 0 bridgehead atoms. The molecule has 3 N–H and O–H groups in total. The Bertz CT molecular complexity index is 1330. The summed E-state index contributed by atoms with van der Waals surface area (Å²) in [4.78, 5) is 35.0.